The van der Waals surface area contributed by atoms with E-state index in [1.165, 1.54) is 70.6 Å². The summed E-state index contributed by atoms with van der Waals surface area (Å²) in [6, 6.07) is 0. The zero-order valence-corrected chi connectivity index (χ0v) is 42.1. The molecule has 0 amide bonds. The van der Waals surface area contributed by atoms with Crippen LogP contribution < -0.4 is 0 Å². The SMILES string of the molecule is CC/C=C\C/C=C\C/C=C\CCCCCC(=O)OC1C(OCC(COC(=O)CCCCCCC/C=C\CCCCCCCC)OC(=O)CCCCCCCCCCC)OC(C(=O)O)C(O)C1O. The molecule has 0 saturated carbocycles. The maximum absolute atomic E-state index is 13.0. The van der Waals surface area contributed by atoms with Crippen molar-refractivity contribution in [3.63, 3.8) is 0 Å². The van der Waals surface area contributed by atoms with Crippen molar-refractivity contribution >= 4 is 23.9 Å². The number of carboxylic acids is 1. The second-order valence-electron chi connectivity index (χ2n) is 18.1. The largest absolute Gasteiger partial charge is 0.479 e. The lowest BCUT2D eigenvalue weighted by Crippen LogP contribution is -2.61. The van der Waals surface area contributed by atoms with Crippen LogP contribution in [-0.2, 0) is 42.9 Å². The molecule has 1 saturated heterocycles. The normalized spacial score (nSPS) is 19.2. The van der Waals surface area contributed by atoms with E-state index in [1.54, 1.807) is 0 Å². The van der Waals surface area contributed by atoms with Crippen LogP contribution in [0.4, 0.5) is 0 Å². The fourth-order valence-electron chi connectivity index (χ4n) is 7.79. The molecule has 6 unspecified atom stereocenters. The number of ether oxygens (including phenoxy) is 5. The summed E-state index contributed by atoms with van der Waals surface area (Å²) in [6.07, 6.45) is 38.3. The second-order valence-corrected chi connectivity index (χ2v) is 18.1. The number of unbranched alkanes of at least 4 members (excludes halogenated alkanes) is 22. The summed E-state index contributed by atoms with van der Waals surface area (Å²) < 4.78 is 28.2. The summed E-state index contributed by atoms with van der Waals surface area (Å²) in [5.74, 6) is -3.16. The molecule has 12 heteroatoms. The minimum Gasteiger partial charge on any atom is -0.479 e. The molecule has 0 aliphatic carbocycles. The fourth-order valence-corrected chi connectivity index (χ4v) is 7.79. The third kappa shape index (κ3) is 34.6. The first kappa shape index (κ1) is 61.7. The highest BCUT2D eigenvalue weighted by Gasteiger charge is 2.50. The maximum Gasteiger partial charge on any atom is 0.335 e. The Morgan fingerprint density at radius 3 is 1.46 bits per heavy atom. The quantitative estimate of drug-likeness (QED) is 0.0228. The number of rotatable bonds is 44. The summed E-state index contributed by atoms with van der Waals surface area (Å²) in [4.78, 5) is 50.8. The Labute approximate surface area is 405 Å². The van der Waals surface area contributed by atoms with E-state index in [9.17, 15) is 34.5 Å². The van der Waals surface area contributed by atoms with E-state index >= 15 is 0 Å². The number of carbonyl (C=O) groups excluding carboxylic acids is 3. The van der Waals surface area contributed by atoms with Crippen LogP contribution in [-0.4, -0.2) is 89.2 Å². The molecular formula is C55H94O12. The first-order chi connectivity index (χ1) is 32.6. The minimum absolute atomic E-state index is 0.0257. The Kier molecular flexibility index (Phi) is 40.4. The molecule has 0 spiro atoms. The lowest BCUT2D eigenvalue weighted by atomic mass is 9.98. The van der Waals surface area contributed by atoms with Crippen LogP contribution in [0.1, 0.15) is 226 Å². The molecule has 0 radical (unpaired) electrons. The maximum atomic E-state index is 13.0. The number of esters is 3. The number of carboxylic acid groups (broad SMARTS) is 1. The number of aliphatic hydroxyl groups excluding tert-OH is 2. The highest BCUT2D eigenvalue weighted by atomic mass is 16.7. The van der Waals surface area contributed by atoms with E-state index in [0.29, 0.717) is 19.3 Å². The van der Waals surface area contributed by atoms with Gasteiger partial charge in [0.25, 0.3) is 0 Å². The third-order valence-corrected chi connectivity index (χ3v) is 11.9. The van der Waals surface area contributed by atoms with E-state index in [4.69, 9.17) is 23.7 Å². The van der Waals surface area contributed by atoms with Gasteiger partial charge in [0, 0.05) is 19.3 Å². The van der Waals surface area contributed by atoms with Gasteiger partial charge in [-0.2, -0.15) is 0 Å². The molecule has 1 fully saturated rings. The minimum atomic E-state index is -1.91. The molecule has 0 aromatic rings. The average Bonchev–Trinajstić information content (AvgIpc) is 3.31. The molecular weight excluding hydrogens is 853 g/mol. The van der Waals surface area contributed by atoms with Gasteiger partial charge in [0.15, 0.2) is 24.6 Å². The van der Waals surface area contributed by atoms with Gasteiger partial charge in [-0.3, -0.25) is 14.4 Å². The van der Waals surface area contributed by atoms with Crippen molar-refractivity contribution in [2.45, 2.75) is 263 Å². The highest BCUT2D eigenvalue weighted by Crippen LogP contribution is 2.26. The summed E-state index contributed by atoms with van der Waals surface area (Å²) >= 11 is 0. The average molecular weight is 947 g/mol. The lowest BCUT2D eigenvalue weighted by Gasteiger charge is -2.40. The van der Waals surface area contributed by atoms with Gasteiger partial charge >= 0.3 is 23.9 Å². The van der Waals surface area contributed by atoms with Crippen molar-refractivity contribution in [3.05, 3.63) is 48.6 Å². The zero-order chi connectivity index (χ0) is 49.0. The van der Waals surface area contributed by atoms with E-state index in [-0.39, 0.29) is 25.9 Å². The molecule has 0 aromatic carbocycles. The Morgan fingerprint density at radius 2 is 0.940 bits per heavy atom. The van der Waals surface area contributed by atoms with E-state index in [1.807, 2.05) is 0 Å². The van der Waals surface area contributed by atoms with Crippen molar-refractivity contribution < 1.29 is 58.2 Å². The predicted octanol–water partition coefficient (Wildman–Crippen LogP) is 12.7. The summed E-state index contributed by atoms with van der Waals surface area (Å²) in [6.45, 7) is 5.80. The fraction of sp³-hybridized carbons (Fsp3) is 0.782. The first-order valence-electron chi connectivity index (χ1n) is 26.6. The van der Waals surface area contributed by atoms with Crippen molar-refractivity contribution in [1.82, 2.24) is 0 Å². The van der Waals surface area contributed by atoms with Crippen molar-refractivity contribution in [1.29, 1.82) is 0 Å². The van der Waals surface area contributed by atoms with Gasteiger partial charge in [0.2, 0.25) is 0 Å². The van der Waals surface area contributed by atoms with Crippen molar-refractivity contribution in [3.8, 4) is 0 Å². The van der Waals surface area contributed by atoms with E-state index in [2.05, 4.69) is 69.4 Å². The third-order valence-electron chi connectivity index (χ3n) is 11.9. The number of aliphatic carboxylic acids is 1. The van der Waals surface area contributed by atoms with Crippen LogP contribution in [0.2, 0.25) is 0 Å². The molecule has 1 rings (SSSR count). The molecule has 386 valence electrons. The molecule has 1 heterocycles. The van der Waals surface area contributed by atoms with Crippen molar-refractivity contribution in [2.24, 2.45) is 0 Å². The van der Waals surface area contributed by atoms with E-state index in [0.717, 1.165) is 96.3 Å². The molecule has 6 atom stereocenters. The number of carbonyl (C=O) groups is 4. The summed E-state index contributed by atoms with van der Waals surface area (Å²) in [5, 5.41) is 31.3. The smallest absolute Gasteiger partial charge is 0.335 e. The number of hydrogen-bond acceptors (Lipinski definition) is 11. The van der Waals surface area contributed by atoms with Gasteiger partial charge in [-0.05, 0) is 77.0 Å². The molecule has 3 N–H and O–H groups in total. The van der Waals surface area contributed by atoms with Crippen LogP contribution in [0.3, 0.4) is 0 Å². The Hall–Kier alpha value is -3.32. The number of hydrogen-bond donors (Lipinski definition) is 3. The van der Waals surface area contributed by atoms with Gasteiger partial charge in [0.05, 0.1) is 6.61 Å². The van der Waals surface area contributed by atoms with Crippen LogP contribution in [0, 0.1) is 0 Å². The van der Waals surface area contributed by atoms with Gasteiger partial charge in [-0.15, -0.1) is 0 Å². The number of allylic oxidation sites excluding steroid dienone is 8. The Morgan fingerprint density at radius 1 is 0.507 bits per heavy atom. The predicted molar refractivity (Wildman–Crippen MR) is 266 cm³/mol. The van der Waals surface area contributed by atoms with Gasteiger partial charge in [-0.1, -0.05) is 179 Å². The summed E-state index contributed by atoms with van der Waals surface area (Å²) in [7, 11) is 0. The number of aliphatic hydroxyl groups is 2. The molecule has 0 bridgehead atoms. The van der Waals surface area contributed by atoms with Crippen LogP contribution in [0.25, 0.3) is 0 Å². The van der Waals surface area contributed by atoms with Gasteiger partial charge in [-0.25, -0.2) is 4.79 Å². The standard InChI is InChI=1S/C55H94O12/c1-4-7-10-13-16-19-21-23-24-26-27-30-32-35-38-41-47(56)63-44-46(65-48(57)42-39-36-33-29-18-15-12-9-6-3)45-64-55-53(51(60)50(59)52(67-55)54(61)62)66-49(58)43-40-37-34-31-28-25-22-20-17-14-11-8-5-2/h8,11,17,20,23-25,28,46,50-53,55,59-60H,4-7,9-10,12-16,18-19,21-22,26-27,29-45H2,1-3H3,(H,61,62)/b11-8-,20-17-,24-23-,28-25-. The lowest BCUT2D eigenvalue weighted by molar-refractivity contribution is -0.301. The van der Waals surface area contributed by atoms with E-state index < -0.39 is 67.3 Å². The van der Waals surface area contributed by atoms with Crippen molar-refractivity contribution in [2.75, 3.05) is 13.2 Å². The summed E-state index contributed by atoms with van der Waals surface area (Å²) in [5.41, 5.74) is 0. The zero-order valence-electron chi connectivity index (χ0n) is 42.1. The molecule has 67 heavy (non-hydrogen) atoms. The highest BCUT2D eigenvalue weighted by molar-refractivity contribution is 5.74. The van der Waals surface area contributed by atoms with Gasteiger partial charge < -0.3 is 39.0 Å². The van der Waals surface area contributed by atoms with Gasteiger partial charge in [0.1, 0.15) is 18.8 Å². The Balaban J connectivity index is 2.72. The molecule has 12 nitrogen and oxygen atoms in total. The van der Waals surface area contributed by atoms with Crippen LogP contribution in [0.15, 0.2) is 48.6 Å². The molecule has 1 aliphatic rings. The van der Waals surface area contributed by atoms with Crippen LogP contribution >= 0.6 is 0 Å². The topological polar surface area (TPSA) is 175 Å². The first-order valence-corrected chi connectivity index (χ1v) is 26.6. The molecule has 1 aliphatic heterocycles. The second kappa shape index (κ2) is 43.9. The Bertz CT molecular complexity index is 1360. The van der Waals surface area contributed by atoms with Crippen LogP contribution in [0.5, 0.6) is 0 Å². The molecule has 0 aromatic heterocycles. The monoisotopic (exact) mass is 947 g/mol.